The van der Waals surface area contributed by atoms with Crippen molar-refractivity contribution in [2.24, 2.45) is 5.41 Å². The van der Waals surface area contributed by atoms with E-state index in [-0.39, 0.29) is 11.8 Å². The number of amides is 2. The summed E-state index contributed by atoms with van der Waals surface area (Å²) in [6.07, 6.45) is 1.01. The second kappa shape index (κ2) is 3.04. The molecule has 2 rings (SSSR count). The van der Waals surface area contributed by atoms with Crippen LogP contribution in [0.5, 0.6) is 0 Å². The molecule has 0 aromatic rings. The van der Waals surface area contributed by atoms with Crippen LogP contribution >= 0.6 is 0 Å². The van der Waals surface area contributed by atoms with E-state index >= 15 is 0 Å². The fraction of sp³-hybridized carbons (Fsp3) is 0.818. The number of ether oxygens (including phenoxy) is 1. The highest BCUT2D eigenvalue weighted by Crippen LogP contribution is 2.42. The zero-order valence-electron chi connectivity index (χ0n) is 9.50. The molecule has 4 nitrogen and oxygen atoms in total. The first kappa shape index (κ1) is 10.6. The Bertz CT molecular complexity index is 310. The molecule has 15 heavy (non-hydrogen) atoms. The van der Waals surface area contributed by atoms with Gasteiger partial charge in [-0.2, -0.15) is 0 Å². The molecule has 4 heteroatoms. The largest absolute Gasteiger partial charge is 0.380 e. The zero-order chi connectivity index (χ0) is 11.3. The molecule has 84 valence electrons. The smallest absolute Gasteiger partial charge is 0.238 e. The van der Waals surface area contributed by atoms with Crippen molar-refractivity contribution >= 4 is 11.8 Å². The van der Waals surface area contributed by atoms with Crippen LogP contribution in [0.15, 0.2) is 0 Å². The van der Waals surface area contributed by atoms with Crippen LogP contribution in [0.3, 0.4) is 0 Å². The number of hydrogen-bond acceptors (Lipinski definition) is 3. The Morgan fingerprint density at radius 1 is 1.33 bits per heavy atom. The molecule has 1 atom stereocenters. The maximum atomic E-state index is 12.2. The second-order valence-electron chi connectivity index (χ2n) is 5.46. The van der Waals surface area contributed by atoms with E-state index < -0.39 is 11.0 Å². The van der Waals surface area contributed by atoms with Crippen molar-refractivity contribution in [3.63, 3.8) is 0 Å². The quantitative estimate of drug-likeness (QED) is 0.560. The molecular weight excluding hydrogens is 194 g/mol. The van der Waals surface area contributed by atoms with Gasteiger partial charge in [0.15, 0.2) is 0 Å². The molecule has 2 fully saturated rings. The van der Waals surface area contributed by atoms with Gasteiger partial charge in [-0.1, -0.05) is 0 Å². The maximum Gasteiger partial charge on any atom is 0.238 e. The lowest BCUT2D eigenvalue weighted by Crippen LogP contribution is -2.47. The third-order valence-electron chi connectivity index (χ3n) is 3.17. The van der Waals surface area contributed by atoms with Gasteiger partial charge in [0.05, 0.1) is 12.0 Å². The molecule has 1 spiro atoms. The lowest BCUT2D eigenvalue weighted by atomic mass is 9.85. The van der Waals surface area contributed by atoms with Crippen LogP contribution in [0.2, 0.25) is 0 Å². The number of nitrogens with zero attached hydrogens (tertiary/aromatic N) is 1. The molecule has 2 aliphatic heterocycles. The normalized spacial score (nSPS) is 32.1. The Morgan fingerprint density at radius 3 is 2.40 bits per heavy atom. The van der Waals surface area contributed by atoms with E-state index in [1.807, 2.05) is 20.8 Å². The van der Waals surface area contributed by atoms with Gasteiger partial charge in [0, 0.05) is 18.6 Å². The number of rotatable bonds is 0. The van der Waals surface area contributed by atoms with Gasteiger partial charge in [0.2, 0.25) is 11.8 Å². The molecule has 0 N–H and O–H groups in total. The minimum Gasteiger partial charge on any atom is -0.380 e. The minimum absolute atomic E-state index is 0.0440. The van der Waals surface area contributed by atoms with E-state index in [2.05, 4.69) is 0 Å². The first-order valence-electron chi connectivity index (χ1n) is 5.32. The van der Waals surface area contributed by atoms with Crippen molar-refractivity contribution in [3.05, 3.63) is 0 Å². The number of carbonyl (C=O) groups excluding carboxylic acids is 2. The molecule has 0 bridgehead atoms. The number of likely N-dealkylation sites (tertiary alicyclic amines) is 1. The lowest BCUT2D eigenvalue weighted by molar-refractivity contribution is -0.146. The molecule has 1 unspecified atom stereocenters. The van der Waals surface area contributed by atoms with Crippen LogP contribution in [0.4, 0.5) is 0 Å². The first-order valence-corrected chi connectivity index (χ1v) is 5.32. The summed E-state index contributed by atoms with van der Waals surface area (Å²) in [6.45, 7) is 6.66. The van der Waals surface area contributed by atoms with Gasteiger partial charge in [-0.25, -0.2) is 0 Å². The summed E-state index contributed by atoms with van der Waals surface area (Å²) < 4.78 is 5.26. The van der Waals surface area contributed by atoms with Crippen LogP contribution in [-0.2, 0) is 14.3 Å². The zero-order valence-corrected chi connectivity index (χ0v) is 9.50. The van der Waals surface area contributed by atoms with Crippen LogP contribution in [0.1, 0.15) is 33.6 Å². The van der Waals surface area contributed by atoms with Gasteiger partial charge < -0.3 is 4.74 Å². The highest BCUT2D eigenvalue weighted by atomic mass is 16.5. The molecule has 2 saturated heterocycles. The Kier molecular flexibility index (Phi) is 2.15. The van der Waals surface area contributed by atoms with Gasteiger partial charge in [-0.3, -0.25) is 14.5 Å². The summed E-state index contributed by atoms with van der Waals surface area (Å²) in [6, 6.07) is 0. The average Bonchev–Trinajstić information content (AvgIpc) is 2.59. The van der Waals surface area contributed by atoms with E-state index in [9.17, 15) is 9.59 Å². The predicted molar refractivity (Wildman–Crippen MR) is 54.1 cm³/mol. The molecule has 0 aliphatic carbocycles. The van der Waals surface area contributed by atoms with Crippen molar-refractivity contribution in [2.75, 3.05) is 13.2 Å². The summed E-state index contributed by atoms with van der Waals surface area (Å²) in [7, 11) is 0. The van der Waals surface area contributed by atoms with E-state index in [0.717, 1.165) is 0 Å². The Hall–Kier alpha value is -0.900. The fourth-order valence-electron chi connectivity index (χ4n) is 2.39. The minimum atomic E-state index is -0.537. The molecule has 0 aromatic heterocycles. The van der Waals surface area contributed by atoms with Crippen molar-refractivity contribution in [3.8, 4) is 0 Å². The van der Waals surface area contributed by atoms with Crippen molar-refractivity contribution in [1.82, 2.24) is 4.90 Å². The number of carbonyl (C=O) groups is 2. The number of imide groups is 1. The fourth-order valence-corrected chi connectivity index (χ4v) is 2.39. The summed E-state index contributed by atoms with van der Waals surface area (Å²) in [5, 5.41) is 0. The van der Waals surface area contributed by atoms with Crippen LogP contribution in [0.25, 0.3) is 0 Å². The van der Waals surface area contributed by atoms with Crippen LogP contribution in [0, 0.1) is 5.41 Å². The third-order valence-corrected chi connectivity index (χ3v) is 3.17. The molecule has 2 aliphatic rings. The number of hydrogen-bond donors (Lipinski definition) is 0. The first-order chi connectivity index (χ1) is 6.87. The molecule has 2 heterocycles. The summed E-state index contributed by atoms with van der Waals surface area (Å²) in [5.41, 5.74) is -0.954. The van der Waals surface area contributed by atoms with Crippen molar-refractivity contribution < 1.29 is 14.3 Å². The van der Waals surface area contributed by atoms with Gasteiger partial charge in [-0.05, 0) is 27.2 Å². The van der Waals surface area contributed by atoms with Crippen molar-refractivity contribution in [1.29, 1.82) is 0 Å². The summed E-state index contributed by atoms with van der Waals surface area (Å²) in [5.74, 6) is -0.101. The van der Waals surface area contributed by atoms with Crippen LogP contribution < -0.4 is 0 Å². The Labute approximate surface area is 89.6 Å². The maximum absolute atomic E-state index is 12.2. The molecule has 0 aromatic carbocycles. The average molecular weight is 211 g/mol. The van der Waals surface area contributed by atoms with E-state index in [4.69, 9.17) is 4.74 Å². The van der Waals surface area contributed by atoms with Gasteiger partial charge in [0.1, 0.15) is 0 Å². The lowest BCUT2D eigenvalue weighted by Gasteiger charge is -2.31. The predicted octanol–water partition coefficient (Wildman–Crippen LogP) is 0.950. The summed E-state index contributed by atoms with van der Waals surface area (Å²) in [4.78, 5) is 25.5. The molecular formula is C11H17NO3. The van der Waals surface area contributed by atoms with Gasteiger partial charge in [-0.15, -0.1) is 0 Å². The van der Waals surface area contributed by atoms with E-state index in [1.165, 1.54) is 4.90 Å². The highest BCUT2D eigenvalue weighted by Gasteiger charge is 2.56. The highest BCUT2D eigenvalue weighted by molar-refractivity contribution is 6.06. The molecule has 2 amide bonds. The summed E-state index contributed by atoms with van der Waals surface area (Å²) >= 11 is 0. The van der Waals surface area contributed by atoms with Gasteiger partial charge >= 0.3 is 0 Å². The van der Waals surface area contributed by atoms with E-state index in [1.54, 1.807) is 0 Å². The standard InChI is InChI=1S/C11H17NO3/c1-10(2,3)12-8(13)6-11(9(12)14)4-5-15-7-11/h4-7H2,1-3H3. The van der Waals surface area contributed by atoms with Crippen LogP contribution in [-0.4, -0.2) is 35.5 Å². The molecule has 0 radical (unpaired) electrons. The topological polar surface area (TPSA) is 46.6 Å². The Morgan fingerprint density at radius 2 is 2.00 bits per heavy atom. The van der Waals surface area contributed by atoms with Crippen molar-refractivity contribution in [2.45, 2.75) is 39.2 Å². The van der Waals surface area contributed by atoms with E-state index in [0.29, 0.717) is 26.1 Å². The monoisotopic (exact) mass is 211 g/mol. The van der Waals surface area contributed by atoms with Gasteiger partial charge in [0.25, 0.3) is 0 Å². The molecule has 0 saturated carbocycles. The Balaban J connectivity index is 2.31. The second-order valence-corrected chi connectivity index (χ2v) is 5.46. The third kappa shape index (κ3) is 1.47. The SMILES string of the molecule is CC(C)(C)N1C(=O)CC2(CCOC2)C1=O.